The average Bonchev–Trinajstić information content (AvgIpc) is 2.54. The molecule has 0 amide bonds. The Bertz CT molecular complexity index is 424. The molecule has 0 aliphatic heterocycles. The van der Waals surface area contributed by atoms with Crippen LogP contribution < -0.4 is 0 Å². The highest BCUT2D eigenvalue weighted by Crippen LogP contribution is 2.06. The number of aryl methyl sites for hydroxylation is 1. The standard InChI is InChI=1S/C9H7N3/c1-8-7-12(11-10-8)9-5-3-2-4-6-9/h3,5-7H,1H3. The lowest BCUT2D eigenvalue weighted by atomic mass is 10.3. The molecule has 0 saturated carbocycles. The zero-order chi connectivity index (χ0) is 8.39. The number of nitrogens with zero attached hydrogens (tertiary/aromatic N) is 3. The van der Waals surface area contributed by atoms with Crippen molar-refractivity contribution in [1.82, 2.24) is 15.0 Å². The van der Waals surface area contributed by atoms with Gasteiger partial charge in [0.1, 0.15) is 0 Å². The molecular formula is C9H7N3. The molecule has 0 N–H and O–H groups in total. The van der Waals surface area contributed by atoms with Crippen molar-refractivity contribution in [2.24, 2.45) is 0 Å². The Hall–Kier alpha value is -1.82. The summed E-state index contributed by atoms with van der Waals surface area (Å²) in [5.74, 6) is 0. The van der Waals surface area contributed by atoms with Gasteiger partial charge < -0.3 is 0 Å². The molecule has 1 aromatic heterocycles. The molecule has 2 rings (SSSR count). The fraction of sp³-hybridized carbons (Fsp3) is 0.111. The van der Waals surface area contributed by atoms with Gasteiger partial charge in [-0.2, -0.15) is 0 Å². The van der Waals surface area contributed by atoms with Crippen molar-refractivity contribution in [3.05, 3.63) is 41.6 Å². The zero-order valence-electron chi connectivity index (χ0n) is 6.65. The summed E-state index contributed by atoms with van der Waals surface area (Å²) in [4.78, 5) is 0. The molecule has 1 aliphatic carbocycles. The topological polar surface area (TPSA) is 30.7 Å². The first kappa shape index (κ1) is 6.86. The van der Waals surface area contributed by atoms with Crippen LogP contribution in [0.5, 0.6) is 0 Å². The monoisotopic (exact) mass is 157 g/mol. The van der Waals surface area contributed by atoms with Gasteiger partial charge in [0, 0.05) is 6.08 Å². The van der Waals surface area contributed by atoms with Crippen LogP contribution in [0.15, 0.2) is 35.9 Å². The van der Waals surface area contributed by atoms with Gasteiger partial charge in [0.2, 0.25) is 0 Å². The number of allylic oxidation sites excluding steroid dienone is 4. The maximum atomic E-state index is 3.92. The molecule has 3 nitrogen and oxygen atoms in total. The molecule has 58 valence electrons. The van der Waals surface area contributed by atoms with Gasteiger partial charge in [-0.15, -0.1) is 5.10 Å². The van der Waals surface area contributed by atoms with E-state index in [2.05, 4.69) is 21.8 Å². The highest BCUT2D eigenvalue weighted by Gasteiger charge is 1.98. The first-order chi connectivity index (χ1) is 5.86. The number of hydrogen-bond donors (Lipinski definition) is 0. The fourth-order valence-electron chi connectivity index (χ4n) is 0.955. The number of rotatable bonds is 1. The maximum absolute atomic E-state index is 3.92. The van der Waals surface area contributed by atoms with E-state index in [0.717, 1.165) is 11.4 Å². The smallest absolute Gasteiger partial charge is 0.0800 e. The van der Waals surface area contributed by atoms with Crippen LogP contribution in [-0.2, 0) is 0 Å². The van der Waals surface area contributed by atoms with Crippen molar-refractivity contribution in [3.8, 4) is 0 Å². The van der Waals surface area contributed by atoms with E-state index < -0.39 is 0 Å². The van der Waals surface area contributed by atoms with Gasteiger partial charge in [-0.25, -0.2) is 4.68 Å². The van der Waals surface area contributed by atoms with Gasteiger partial charge >= 0.3 is 0 Å². The second-order valence-corrected chi connectivity index (χ2v) is 2.50. The minimum Gasteiger partial charge on any atom is -0.220 e. The number of hydrogen-bond acceptors (Lipinski definition) is 2. The molecule has 0 bridgehead atoms. The van der Waals surface area contributed by atoms with Gasteiger partial charge in [-0.3, -0.25) is 0 Å². The van der Waals surface area contributed by atoms with E-state index >= 15 is 0 Å². The summed E-state index contributed by atoms with van der Waals surface area (Å²) in [5.41, 5.74) is 7.54. The summed E-state index contributed by atoms with van der Waals surface area (Å²) < 4.78 is 1.71. The third-order valence-corrected chi connectivity index (χ3v) is 1.51. The van der Waals surface area contributed by atoms with E-state index in [4.69, 9.17) is 0 Å². The van der Waals surface area contributed by atoms with E-state index in [0.29, 0.717) is 0 Å². The minimum absolute atomic E-state index is 0.905. The largest absolute Gasteiger partial charge is 0.220 e. The van der Waals surface area contributed by atoms with Crippen molar-refractivity contribution >= 4 is 5.70 Å². The number of aromatic nitrogens is 3. The Balaban J connectivity index is 2.40. The first-order valence-corrected chi connectivity index (χ1v) is 3.63. The Morgan fingerprint density at radius 2 is 2.33 bits per heavy atom. The molecule has 12 heavy (non-hydrogen) atoms. The summed E-state index contributed by atoms with van der Waals surface area (Å²) >= 11 is 0. The highest BCUT2D eigenvalue weighted by molar-refractivity contribution is 5.59. The summed E-state index contributed by atoms with van der Waals surface area (Å²) in [5, 5.41) is 7.80. The van der Waals surface area contributed by atoms with Gasteiger partial charge in [-0.1, -0.05) is 16.7 Å². The van der Waals surface area contributed by atoms with Crippen LogP contribution in [0.25, 0.3) is 5.70 Å². The maximum Gasteiger partial charge on any atom is 0.0800 e. The van der Waals surface area contributed by atoms with Gasteiger partial charge in [0.05, 0.1) is 17.6 Å². The predicted molar refractivity (Wildman–Crippen MR) is 45.2 cm³/mol. The lowest BCUT2D eigenvalue weighted by Gasteiger charge is -1.97. The molecule has 0 aromatic carbocycles. The Labute approximate surface area is 70.0 Å². The van der Waals surface area contributed by atoms with Crippen molar-refractivity contribution in [2.75, 3.05) is 0 Å². The molecule has 0 atom stereocenters. The van der Waals surface area contributed by atoms with Gasteiger partial charge in [-0.05, 0) is 19.1 Å². The Morgan fingerprint density at radius 1 is 1.42 bits per heavy atom. The summed E-state index contributed by atoms with van der Waals surface area (Å²) in [6.45, 7) is 1.91. The van der Waals surface area contributed by atoms with E-state index in [1.54, 1.807) is 10.8 Å². The molecule has 0 radical (unpaired) electrons. The van der Waals surface area contributed by atoms with E-state index in [9.17, 15) is 0 Å². The van der Waals surface area contributed by atoms with Crippen LogP contribution in [0.1, 0.15) is 5.69 Å². The predicted octanol–water partition coefficient (Wildman–Crippen LogP) is 1.31. The molecule has 0 spiro atoms. The van der Waals surface area contributed by atoms with Crippen molar-refractivity contribution in [1.29, 1.82) is 0 Å². The van der Waals surface area contributed by atoms with E-state index in [-0.39, 0.29) is 0 Å². The third-order valence-electron chi connectivity index (χ3n) is 1.51. The summed E-state index contributed by atoms with van der Waals surface area (Å²) in [6.07, 6.45) is 7.38. The van der Waals surface area contributed by atoms with Crippen LogP contribution >= 0.6 is 0 Å². The normalized spacial score (nSPS) is 13.6. The Morgan fingerprint density at radius 3 is 2.92 bits per heavy atom. The SMILES string of the molecule is Cc1cn(C2=CC=C=C=C2)nn1. The molecule has 0 fully saturated rings. The van der Waals surface area contributed by atoms with Crippen LogP contribution in [0.4, 0.5) is 0 Å². The van der Waals surface area contributed by atoms with Crippen LogP contribution in [0, 0.1) is 6.92 Å². The summed E-state index contributed by atoms with van der Waals surface area (Å²) in [7, 11) is 0. The molecular weight excluding hydrogens is 150 g/mol. The minimum atomic E-state index is 0.905. The molecule has 0 saturated heterocycles. The first-order valence-electron chi connectivity index (χ1n) is 3.63. The average molecular weight is 157 g/mol. The van der Waals surface area contributed by atoms with Crippen LogP contribution in [0.3, 0.4) is 0 Å². The third kappa shape index (κ3) is 1.15. The van der Waals surface area contributed by atoms with Crippen molar-refractivity contribution in [2.45, 2.75) is 6.92 Å². The van der Waals surface area contributed by atoms with E-state index in [1.165, 1.54) is 0 Å². The fourth-order valence-corrected chi connectivity index (χ4v) is 0.955. The molecule has 1 aromatic rings. The quantitative estimate of drug-likeness (QED) is 0.575. The lowest BCUT2D eigenvalue weighted by Crippen LogP contribution is -1.95. The molecule has 3 heteroatoms. The molecule has 1 aliphatic rings. The second kappa shape index (κ2) is 2.67. The zero-order valence-corrected chi connectivity index (χ0v) is 6.65. The van der Waals surface area contributed by atoms with Crippen molar-refractivity contribution < 1.29 is 0 Å². The van der Waals surface area contributed by atoms with Crippen LogP contribution in [0.2, 0.25) is 0 Å². The Kier molecular flexibility index (Phi) is 1.52. The highest BCUT2D eigenvalue weighted by atomic mass is 15.4. The van der Waals surface area contributed by atoms with Crippen molar-refractivity contribution in [3.63, 3.8) is 0 Å². The summed E-state index contributed by atoms with van der Waals surface area (Å²) in [6, 6.07) is 0. The van der Waals surface area contributed by atoms with Gasteiger partial charge in [0.25, 0.3) is 0 Å². The molecule has 1 heterocycles. The lowest BCUT2D eigenvalue weighted by molar-refractivity contribution is 0.821. The van der Waals surface area contributed by atoms with Crippen LogP contribution in [-0.4, -0.2) is 15.0 Å². The molecule has 0 unspecified atom stereocenters. The van der Waals surface area contributed by atoms with Gasteiger partial charge in [0.15, 0.2) is 0 Å². The second-order valence-electron chi connectivity index (χ2n) is 2.50. The van der Waals surface area contributed by atoms with E-state index in [1.807, 2.05) is 25.3 Å².